The van der Waals surface area contributed by atoms with Crippen LogP contribution in [-0.4, -0.2) is 41.2 Å². The third kappa shape index (κ3) is 2.79. The fraction of sp³-hybridized carbons (Fsp3) is 0.429. The molecule has 1 aliphatic rings. The Kier molecular flexibility index (Phi) is 4.49. The quantitative estimate of drug-likeness (QED) is 0.762. The maximum Gasteiger partial charge on any atom is 0.115 e. The zero-order valence-electron chi connectivity index (χ0n) is 10.1. The highest BCUT2D eigenvalue weighted by molar-refractivity contribution is 5.13. The van der Waals surface area contributed by atoms with Gasteiger partial charge in [0.1, 0.15) is 24.4 Å². The fourth-order valence-electron chi connectivity index (χ4n) is 2.08. The lowest BCUT2D eigenvalue weighted by Gasteiger charge is -2.19. The van der Waals surface area contributed by atoms with E-state index in [9.17, 15) is 10.2 Å². The van der Waals surface area contributed by atoms with Crippen molar-refractivity contribution in [3.63, 3.8) is 0 Å². The molecule has 98 valence electrons. The minimum atomic E-state index is -0.789. The van der Waals surface area contributed by atoms with E-state index in [1.165, 1.54) is 6.08 Å². The van der Waals surface area contributed by atoms with Crippen LogP contribution in [0.3, 0.4) is 0 Å². The van der Waals surface area contributed by atoms with Crippen molar-refractivity contribution in [3.8, 4) is 0 Å². The Bertz CT molecular complexity index is 379. The number of aliphatic hydroxyl groups excluding tert-OH is 2. The highest BCUT2D eigenvalue weighted by atomic mass is 16.6. The van der Waals surface area contributed by atoms with E-state index in [1.807, 2.05) is 30.3 Å². The maximum atomic E-state index is 10.00. The molecule has 0 aliphatic carbocycles. The van der Waals surface area contributed by atoms with Crippen molar-refractivity contribution >= 4 is 0 Å². The summed E-state index contributed by atoms with van der Waals surface area (Å²) in [6, 6.07) is 9.68. The van der Waals surface area contributed by atoms with Gasteiger partial charge in [-0.2, -0.15) is 0 Å². The Morgan fingerprint density at radius 1 is 1.33 bits per heavy atom. The molecule has 4 nitrogen and oxygen atoms in total. The van der Waals surface area contributed by atoms with Crippen LogP contribution in [0.25, 0.3) is 0 Å². The van der Waals surface area contributed by atoms with E-state index >= 15 is 0 Å². The average Bonchev–Trinajstić information content (AvgIpc) is 2.73. The van der Waals surface area contributed by atoms with Gasteiger partial charge in [0.2, 0.25) is 0 Å². The van der Waals surface area contributed by atoms with Gasteiger partial charge in [-0.1, -0.05) is 36.4 Å². The van der Waals surface area contributed by atoms with E-state index in [-0.39, 0.29) is 6.61 Å². The first-order valence-electron chi connectivity index (χ1n) is 5.98. The van der Waals surface area contributed by atoms with Crippen LogP contribution in [0.4, 0.5) is 0 Å². The number of aliphatic hydroxyl groups is 2. The Morgan fingerprint density at radius 2 is 2.06 bits per heavy atom. The Hall–Kier alpha value is -1.20. The molecular formula is C14H18O4. The number of hydrogen-bond donors (Lipinski definition) is 2. The van der Waals surface area contributed by atoms with Gasteiger partial charge in [-0.15, -0.1) is 6.58 Å². The SMILES string of the molecule is C=C[C@H]1O[C@H](CO)[C@@H](OCc2ccccc2)[C@@H]1O. The van der Waals surface area contributed by atoms with Gasteiger partial charge >= 0.3 is 0 Å². The van der Waals surface area contributed by atoms with E-state index in [2.05, 4.69) is 6.58 Å². The Balaban J connectivity index is 1.97. The average molecular weight is 250 g/mol. The zero-order valence-corrected chi connectivity index (χ0v) is 10.1. The fourth-order valence-corrected chi connectivity index (χ4v) is 2.08. The summed E-state index contributed by atoms with van der Waals surface area (Å²) in [4.78, 5) is 0. The summed E-state index contributed by atoms with van der Waals surface area (Å²) in [6.45, 7) is 3.79. The Morgan fingerprint density at radius 3 is 2.67 bits per heavy atom. The van der Waals surface area contributed by atoms with Crippen LogP contribution >= 0.6 is 0 Å². The van der Waals surface area contributed by atoms with Crippen LogP contribution < -0.4 is 0 Å². The van der Waals surface area contributed by atoms with E-state index in [4.69, 9.17) is 9.47 Å². The lowest BCUT2D eigenvalue weighted by molar-refractivity contribution is -0.0608. The lowest BCUT2D eigenvalue weighted by atomic mass is 10.1. The topological polar surface area (TPSA) is 58.9 Å². The predicted octanol–water partition coefficient (Wildman–Crippen LogP) is 0.878. The van der Waals surface area contributed by atoms with Gasteiger partial charge in [0.05, 0.1) is 13.2 Å². The van der Waals surface area contributed by atoms with Crippen molar-refractivity contribution in [2.24, 2.45) is 0 Å². The normalized spacial score (nSPS) is 31.4. The second-order valence-electron chi connectivity index (χ2n) is 4.31. The molecule has 2 N–H and O–H groups in total. The van der Waals surface area contributed by atoms with Crippen molar-refractivity contribution in [2.45, 2.75) is 31.0 Å². The molecule has 0 radical (unpaired) electrons. The molecule has 1 aliphatic heterocycles. The molecule has 2 rings (SSSR count). The van der Waals surface area contributed by atoms with Crippen molar-refractivity contribution in [3.05, 3.63) is 48.6 Å². The molecular weight excluding hydrogens is 232 g/mol. The van der Waals surface area contributed by atoms with Crippen LogP contribution in [-0.2, 0) is 16.1 Å². The lowest BCUT2D eigenvalue weighted by Crippen LogP contribution is -2.36. The van der Waals surface area contributed by atoms with Crippen molar-refractivity contribution < 1.29 is 19.7 Å². The molecule has 0 bridgehead atoms. The number of hydrogen-bond acceptors (Lipinski definition) is 4. The molecule has 4 atom stereocenters. The van der Waals surface area contributed by atoms with Gasteiger partial charge in [-0.3, -0.25) is 0 Å². The minimum Gasteiger partial charge on any atom is -0.394 e. The molecule has 4 heteroatoms. The summed E-state index contributed by atoms with van der Waals surface area (Å²) in [6.07, 6.45) is -0.782. The molecule has 0 amide bonds. The summed E-state index contributed by atoms with van der Waals surface area (Å²) in [5.41, 5.74) is 1.02. The van der Waals surface area contributed by atoms with Crippen LogP contribution in [0.15, 0.2) is 43.0 Å². The summed E-state index contributed by atoms with van der Waals surface area (Å²) < 4.78 is 11.1. The third-order valence-corrected chi connectivity index (χ3v) is 3.07. The first-order valence-corrected chi connectivity index (χ1v) is 5.98. The third-order valence-electron chi connectivity index (χ3n) is 3.07. The number of rotatable bonds is 5. The summed E-state index contributed by atoms with van der Waals surface area (Å²) in [5, 5.41) is 19.2. The first-order chi connectivity index (χ1) is 8.76. The monoisotopic (exact) mass is 250 g/mol. The summed E-state index contributed by atoms with van der Waals surface area (Å²) in [5.74, 6) is 0. The Labute approximate surface area is 106 Å². The highest BCUT2D eigenvalue weighted by Crippen LogP contribution is 2.25. The van der Waals surface area contributed by atoms with Crippen LogP contribution in [0.2, 0.25) is 0 Å². The standard InChI is InChI=1S/C14H18O4/c1-2-11-13(16)14(12(8-15)18-11)17-9-10-6-4-3-5-7-10/h2-7,11-16H,1,8-9H2/t11-,12-,13-,14-/m1/s1. The van der Waals surface area contributed by atoms with Gasteiger partial charge in [-0.05, 0) is 5.56 Å². The van der Waals surface area contributed by atoms with Crippen LogP contribution in [0.5, 0.6) is 0 Å². The van der Waals surface area contributed by atoms with Crippen molar-refractivity contribution in [1.29, 1.82) is 0 Å². The first kappa shape index (κ1) is 13.2. The van der Waals surface area contributed by atoms with E-state index < -0.39 is 24.4 Å². The molecule has 1 heterocycles. The van der Waals surface area contributed by atoms with Gasteiger partial charge in [0, 0.05) is 0 Å². The van der Waals surface area contributed by atoms with Gasteiger partial charge in [0.25, 0.3) is 0 Å². The zero-order chi connectivity index (χ0) is 13.0. The number of ether oxygens (including phenoxy) is 2. The molecule has 1 saturated heterocycles. The van der Waals surface area contributed by atoms with Crippen LogP contribution in [0, 0.1) is 0 Å². The van der Waals surface area contributed by atoms with Gasteiger partial charge in [-0.25, -0.2) is 0 Å². The summed E-state index contributed by atoms with van der Waals surface area (Å²) >= 11 is 0. The second kappa shape index (κ2) is 6.11. The molecule has 1 fully saturated rings. The molecule has 0 unspecified atom stereocenters. The molecule has 1 aromatic carbocycles. The van der Waals surface area contributed by atoms with Crippen molar-refractivity contribution in [1.82, 2.24) is 0 Å². The predicted molar refractivity (Wildman–Crippen MR) is 67.0 cm³/mol. The highest BCUT2D eigenvalue weighted by Gasteiger charge is 2.42. The molecule has 18 heavy (non-hydrogen) atoms. The van der Waals surface area contributed by atoms with Crippen LogP contribution in [0.1, 0.15) is 5.56 Å². The summed E-state index contributed by atoms with van der Waals surface area (Å²) in [7, 11) is 0. The second-order valence-corrected chi connectivity index (χ2v) is 4.31. The van der Waals surface area contributed by atoms with Gasteiger partial charge < -0.3 is 19.7 Å². The molecule has 0 saturated carbocycles. The molecule has 0 spiro atoms. The number of benzene rings is 1. The minimum absolute atomic E-state index is 0.180. The maximum absolute atomic E-state index is 10.00. The van der Waals surface area contributed by atoms with E-state index in [0.717, 1.165) is 5.56 Å². The van der Waals surface area contributed by atoms with Crippen molar-refractivity contribution in [2.75, 3.05) is 6.61 Å². The molecule has 1 aromatic rings. The molecule has 0 aromatic heterocycles. The van der Waals surface area contributed by atoms with E-state index in [0.29, 0.717) is 6.61 Å². The smallest absolute Gasteiger partial charge is 0.115 e. The largest absolute Gasteiger partial charge is 0.394 e. The van der Waals surface area contributed by atoms with Gasteiger partial charge in [0.15, 0.2) is 0 Å². The van der Waals surface area contributed by atoms with E-state index in [1.54, 1.807) is 0 Å².